The second-order valence-electron chi connectivity index (χ2n) is 6.13. The van der Waals surface area contributed by atoms with Crippen LogP contribution in [0.2, 0.25) is 0 Å². The number of hydrogen-bond donors (Lipinski definition) is 2. The van der Waals surface area contributed by atoms with E-state index >= 15 is 0 Å². The number of rotatable bonds is 4. The molecular formula is C19H21N5S. The maximum atomic E-state index is 5.34. The van der Waals surface area contributed by atoms with Crippen molar-refractivity contribution in [2.45, 2.75) is 27.3 Å². The van der Waals surface area contributed by atoms with Crippen molar-refractivity contribution in [1.82, 2.24) is 14.8 Å². The second kappa shape index (κ2) is 7.44. The Morgan fingerprint density at radius 2 is 1.88 bits per heavy atom. The summed E-state index contributed by atoms with van der Waals surface area (Å²) in [7, 11) is 0. The molecule has 1 aromatic heterocycles. The fourth-order valence-electron chi connectivity index (χ4n) is 2.51. The van der Waals surface area contributed by atoms with E-state index in [-0.39, 0.29) is 0 Å². The zero-order valence-electron chi connectivity index (χ0n) is 14.6. The Morgan fingerprint density at radius 1 is 1.04 bits per heavy atom. The molecule has 1 heterocycles. The second-order valence-corrected chi connectivity index (χ2v) is 6.54. The minimum atomic E-state index is 0.469. The lowest BCUT2D eigenvalue weighted by atomic mass is 10.1. The molecule has 0 amide bonds. The quantitative estimate of drug-likeness (QED) is 0.694. The minimum absolute atomic E-state index is 0.469. The number of nitrogens with one attached hydrogen (secondary N) is 2. The van der Waals surface area contributed by atoms with Gasteiger partial charge in [0.05, 0.1) is 6.54 Å². The summed E-state index contributed by atoms with van der Waals surface area (Å²) in [5.41, 5.74) is 5.83. The molecule has 0 saturated heterocycles. The van der Waals surface area contributed by atoms with E-state index in [9.17, 15) is 0 Å². The molecule has 0 aliphatic heterocycles. The largest absolute Gasteiger partial charge is 0.332 e. The SMILES string of the molecule is Cc1cccc(Cn2cnc(NC(=S)Nc3ccc(C)c(C)c3)n2)c1. The van der Waals surface area contributed by atoms with E-state index in [1.54, 1.807) is 11.0 Å². The van der Waals surface area contributed by atoms with E-state index in [4.69, 9.17) is 12.2 Å². The number of aryl methyl sites for hydroxylation is 3. The first-order valence-electron chi connectivity index (χ1n) is 8.10. The summed E-state index contributed by atoms with van der Waals surface area (Å²) in [6, 6.07) is 14.5. The highest BCUT2D eigenvalue weighted by Crippen LogP contribution is 2.14. The predicted molar refractivity (Wildman–Crippen MR) is 106 cm³/mol. The summed E-state index contributed by atoms with van der Waals surface area (Å²) in [6.07, 6.45) is 1.70. The lowest BCUT2D eigenvalue weighted by molar-refractivity contribution is 0.687. The van der Waals surface area contributed by atoms with Crippen LogP contribution in [0.4, 0.5) is 11.6 Å². The van der Waals surface area contributed by atoms with Crippen LogP contribution in [0.1, 0.15) is 22.3 Å². The molecule has 0 unspecified atom stereocenters. The van der Waals surface area contributed by atoms with Gasteiger partial charge >= 0.3 is 0 Å². The van der Waals surface area contributed by atoms with Crippen molar-refractivity contribution < 1.29 is 0 Å². The smallest absolute Gasteiger partial charge is 0.248 e. The molecule has 0 bridgehead atoms. The van der Waals surface area contributed by atoms with Gasteiger partial charge in [-0.2, -0.15) is 0 Å². The van der Waals surface area contributed by atoms with Crippen LogP contribution in [-0.4, -0.2) is 19.9 Å². The molecule has 3 aromatic rings. The van der Waals surface area contributed by atoms with Crippen LogP contribution in [-0.2, 0) is 6.54 Å². The third-order valence-corrected chi connectivity index (χ3v) is 4.16. The minimum Gasteiger partial charge on any atom is -0.332 e. The van der Waals surface area contributed by atoms with Crippen LogP contribution in [0.25, 0.3) is 0 Å². The maximum absolute atomic E-state index is 5.34. The van der Waals surface area contributed by atoms with Crippen LogP contribution in [0.5, 0.6) is 0 Å². The van der Waals surface area contributed by atoms with Crippen molar-refractivity contribution in [3.63, 3.8) is 0 Å². The highest BCUT2D eigenvalue weighted by Gasteiger charge is 2.05. The molecular weight excluding hydrogens is 330 g/mol. The number of nitrogens with zero attached hydrogens (tertiary/aromatic N) is 3. The topological polar surface area (TPSA) is 54.8 Å². The molecule has 6 heteroatoms. The van der Waals surface area contributed by atoms with Gasteiger partial charge in [0.15, 0.2) is 5.11 Å². The highest BCUT2D eigenvalue weighted by molar-refractivity contribution is 7.80. The molecule has 0 aliphatic rings. The van der Waals surface area contributed by atoms with Gasteiger partial charge in [0.25, 0.3) is 0 Å². The van der Waals surface area contributed by atoms with E-state index in [1.165, 1.54) is 22.3 Å². The Kier molecular flexibility index (Phi) is 5.09. The van der Waals surface area contributed by atoms with Crippen LogP contribution in [0.3, 0.4) is 0 Å². The van der Waals surface area contributed by atoms with E-state index in [0.29, 0.717) is 17.6 Å². The van der Waals surface area contributed by atoms with E-state index in [1.807, 2.05) is 12.1 Å². The Balaban J connectivity index is 1.60. The van der Waals surface area contributed by atoms with Gasteiger partial charge in [-0.15, -0.1) is 5.10 Å². The standard InChI is InChI=1S/C19H21N5S/c1-13-5-4-6-16(9-13)11-24-12-20-18(23-24)22-19(25)21-17-8-7-14(2)15(3)10-17/h4-10,12H,11H2,1-3H3,(H2,21,22,23,25). The van der Waals surface area contributed by atoms with Crippen molar-refractivity contribution in [2.75, 3.05) is 10.6 Å². The summed E-state index contributed by atoms with van der Waals surface area (Å²) in [6.45, 7) is 6.91. The number of hydrogen-bond acceptors (Lipinski definition) is 3. The van der Waals surface area contributed by atoms with Gasteiger partial charge in [0.1, 0.15) is 6.33 Å². The summed E-state index contributed by atoms with van der Waals surface area (Å²) in [4.78, 5) is 4.26. The lowest BCUT2D eigenvalue weighted by Gasteiger charge is -2.09. The Hall–Kier alpha value is -2.73. The number of benzene rings is 2. The third kappa shape index (κ3) is 4.64. The van der Waals surface area contributed by atoms with Gasteiger partial charge in [0, 0.05) is 5.69 Å². The van der Waals surface area contributed by atoms with Gasteiger partial charge in [-0.3, -0.25) is 5.32 Å². The third-order valence-electron chi connectivity index (χ3n) is 3.95. The fourth-order valence-corrected chi connectivity index (χ4v) is 2.72. The zero-order chi connectivity index (χ0) is 17.8. The van der Waals surface area contributed by atoms with Crippen molar-refractivity contribution >= 4 is 29.0 Å². The van der Waals surface area contributed by atoms with Gasteiger partial charge in [-0.1, -0.05) is 35.9 Å². The molecule has 0 atom stereocenters. The molecule has 2 aromatic carbocycles. The number of thiocarbonyl (C=S) groups is 1. The Bertz CT molecular complexity index is 900. The van der Waals surface area contributed by atoms with Gasteiger partial charge < -0.3 is 5.32 Å². The molecule has 3 rings (SSSR count). The molecule has 0 spiro atoms. The van der Waals surface area contributed by atoms with Crippen molar-refractivity contribution in [2.24, 2.45) is 0 Å². The molecule has 25 heavy (non-hydrogen) atoms. The van der Waals surface area contributed by atoms with Gasteiger partial charge in [-0.05, 0) is 61.8 Å². The Labute approximate surface area is 153 Å². The zero-order valence-corrected chi connectivity index (χ0v) is 15.4. The predicted octanol–water partition coefficient (Wildman–Crippen LogP) is 4.06. The highest BCUT2D eigenvalue weighted by atomic mass is 32.1. The van der Waals surface area contributed by atoms with Crippen LogP contribution >= 0.6 is 12.2 Å². The first-order chi connectivity index (χ1) is 12.0. The molecule has 0 fully saturated rings. The summed E-state index contributed by atoms with van der Waals surface area (Å²) in [5.74, 6) is 0.481. The van der Waals surface area contributed by atoms with E-state index < -0.39 is 0 Å². The van der Waals surface area contributed by atoms with Crippen LogP contribution in [0.15, 0.2) is 48.8 Å². The fraction of sp³-hybridized carbons (Fsp3) is 0.211. The molecule has 128 valence electrons. The molecule has 0 radical (unpaired) electrons. The Morgan fingerprint density at radius 3 is 2.64 bits per heavy atom. The van der Waals surface area contributed by atoms with E-state index in [2.05, 4.69) is 71.8 Å². The van der Waals surface area contributed by atoms with Crippen molar-refractivity contribution in [3.05, 3.63) is 71.0 Å². The maximum Gasteiger partial charge on any atom is 0.248 e. The van der Waals surface area contributed by atoms with Crippen LogP contribution in [0, 0.1) is 20.8 Å². The van der Waals surface area contributed by atoms with Gasteiger partial charge in [0.2, 0.25) is 5.95 Å². The number of aromatic nitrogens is 3. The first kappa shape index (κ1) is 17.1. The average Bonchev–Trinajstić information content (AvgIpc) is 2.98. The molecule has 0 aliphatic carbocycles. The normalized spacial score (nSPS) is 10.5. The summed E-state index contributed by atoms with van der Waals surface area (Å²) < 4.78 is 1.79. The summed E-state index contributed by atoms with van der Waals surface area (Å²) >= 11 is 5.34. The van der Waals surface area contributed by atoms with Crippen molar-refractivity contribution in [3.8, 4) is 0 Å². The van der Waals surface area contributed by atoms with Crippen molar-refractivity contribution in [1.29, 1.82) is 0 Å². The first-order valence-corrected chi connectivity index (χ1v) is 8.51. The summed E-state index contributed by atoms with van der Waals surface area (Å²) in [5, 5.41) is 11.1. The average molecular weight is 351 g/mol. The molecule has 0 saturated carbocycles. The molecule has 2 N–H and O–H groups in total. The van der Waals surface area contributed by atoms with E-state index in [0.717, 1.165) is 5.69 Å². The lowest BCUT2D eigenvalue weighted by Crippen LogP contribution is -2.20. The number of anilines is 2. The molecule has 5 nitrogen and oxygen atoms in total. The monoisotopic (exact) mass is 351 g/mol. The van der Waals surface area contributed by atoms with Gasteiger partial charge in [-0.25, -0.2) is 9.67 Å². The van der Waals surface area contributed by atoms with Crippen LogP contribution < -0.4 is 10.6 Å².